The normalized spacial score (nSPS) is 12.5. The molecule has 0 saturated carbocycles. The highest BCUT2D eigenvalue weighted by Gasteiger charge is 2.41. The molecule has 0 spiro atoms. The first-order valence-corrected chi connectivity index (χ1v) is 13.5. The Balaban J connectivity index is 0.00000260. The second-order valence-electron chi connectivity index (χ2n) is 9.96. The van der Waals surface area contributed by atoms with Crippen LogP contribution in [0.4, 0.5) is 0 Å². The molecule has 3 aromatic rings. The highest BCUT2D eigenvalue weighted by molar-refractivity contribution is 5.86. The molecule has 0 fully saturated rings. The molecule has 0 saturated heterocycles. The number of benzene rings is 3. The highest BCUT2D eigenvalue weighted by Crippen LogP contribution is 2.25. The summed E-state index contributed by atoms with van der Waals surface area (Å²) in [6.07, 6.45) is 0.495. The minimum absolute atomic E-state index is 0.0583. The van der Waals surface area contributed by atoms with E-state index in [0.717, 1.165) is 16.7 Å². The number of hydrogen-bond acceptors (Lipinski definition) is 6. The predicted molar refractivity (Wildman–Crippen MR) is 154 cm³/mol. The fourth-order valence-corrected chi connectivity index (χ4v) is 4.11. The Bertz CT molecular complexity index is 1090. The average Bonchev–Trinajstić information content (AvgIpc) is 2.93. The van der Waals surface area contributed by atoms with E-state index >= 15 is 0 Å². The van der Waals surface area contributed by atoms with Crippen molar-refractivity contribution in [3.8, 4) is 0 Å². The Hall–Kier alpha value is -3.77. The molecule has 39 heavy (non-hydrogen) atoms. The van der Waals surface area contributed by atoms with Crippen LogP contribution in [-0.4, -0.2) is 34.8 Å². The van der Waals surface area contributed by atoms with Crippen molar-refractivity contribution in [2.24, 2.45) is 5.92 Å². The summed E-state index contributed by atoms with van der Waals surface area (Å²) >= 11 is 0. The summed E-state index contributed by atoms with van der Waals surface area (Å²) in [5.41, 5.74) is 1.98. The number of ether oxygens (including phenoxy) is 2. The van der Waals surface area contributed by atoms with Crippen LogP contribution in [-0.2, 0) is 43.6 Å². The molecule has 0 heterocycles. The molecule has 0 unspecified atom stereocenters. The van der Waals surface area contributed by atoms with Crippen LogP contribution in [0.5, 0.6) is 0 Å². The minimum atomic E-state index is -1.04. The van der Waals surface area contributed by atoms with Crippen molar-refractivity contribution >= 4 is 18.2 Å². The molecule has 208 valence electrons. The molecular formula is C33H41NO5. The lowest BCUT2D eigenvalue weighted by Crippen LogP contribution is -2.50. The third-order valence-corrected chi connectivity index (χ3v) is 5.76. The number of hydrogen-bond donors (Lipinski definition) is 0. The van der Waals surface area contributed by atoms with Crippen LogP contribution in [0.3, 0.4) is 0 Å². The molecule has 6 heteroatoms. The number of nitrogens with zero attached hydrogens (tertiary/aromatic N) is 1. The van der Waals surface area contributed by atoms with Gasteiger partial charge in [0.1, 0.15) is 24.5 Å². The second kappa shape index (κ2) is 16.2. The zero-order chi connectivity index (χ0) is 28.7. The Kier molecular flexibility index (Phi) is 13.1. The lowest BCUT2D eigenvalue weighted by molar-refractivity contribution is -0.171. The summed E-state index contributed by atoms with van der Waals surface area (Å²) in [5.74, 6) is -2.21. The molecule has 6 nitrogen and oxygen atoms in total. The SMILES string of the molecule is CC.CC(C)(C)OC(=O)[C@@H](CC=O)[C@@H](C(=O)OCc1ccccc1)N(Cc1ccccc1)Cc1ccccc1. The summed E-state index contributed by atoms with van der Waals surface area (Å²) in [5, 5.41) is 0. The van der Waals surface area contributed by atoms with Gasteiger partial charge in [-0.15, -0.1) is 0 Å². The first kappa shape index (κ1) is 31.4. The van der Waals surface area contributed by atoms with Gasteiger partial charge < -0.3 is 14.3 Å². The Labute approximate surface area is 232 Å². The smallest absolute Gasteiger partial charge is 0.324 e. The zero-order valence-corrected chi connectivity index (χ0v) is 23.7. The number of esters is 2. The van der Waals surface area contributed by atoms with Crippen LogP contribution in [0.15, 0.2) is 91.0 Å². The van der Waals surface area contributed by atoms with E-state index in [0.29, 0.717) is 19.4 Å². The lowest BCUT2D eigenvalue weighted by atomic mass is 9.93. The predicted octanol–water partition coefficient (Wildman–Crippen LogP) is 6.37. The van der Waals surface area contributed by atoms with Crippen molar-refractivity contribution in [2.45, 2.75) is 72.4 Å². The van der Waals surface area contributed by atoms with Gasteiger partial charge in [0.05, 0.1) is 5.92 Å². The molecule has 0 amide bonds. The molecule has 3 rings (SSSR count). The van der Waals surface area contributed by atoms with E-state index in [4.69, 9.17) is 9.47 Å². The minimum Gasteiger partial charge on any atom is -0.460 e. The van der Waals surface area contributed by atoms with Crippen molar-refractivity contribution in [3.63, 3.8) is 0 Å². The maximum atomic E-state index is 13.7. The van der Waals surface area contributed by atoms with Gasteiger partial charge in [-0.3, -0.25) is 14.5 Å². The van der Waals surface area contributed by atoms with E-state index in [1.165, 1.54) is 0 Å². The summed E-state index contributed by atoms with van der Waals surface area (Å²) in [6.45, 7) is 10.1. The third kappa shape index (κ3) is 10.9. The van der Waals surface area contributed by atoms with Crippen LogP contribution in [0.25, 0.3) is 0 Å². The summed E-state index contributed by atoms with van der Waals surface area (Å²) in [4.78, 5) is 40.8. The van der Waals surface area contributed by atoms with Crippen LogP contribution in [0.1, 0.15) is 57.7 Å². The van der Waals surface area contributed by atoms with Gasteiger partial charge in [-0.1, -0.05) is 105 Å². The average molecular weight is 532 g/mol. The molecule has 0 N–H and O–H groups in total. The summed E-state index contributed by atoms with van der Waals surface area (Å²) in [7, 11) is 0. The van der Waals surface area contributed by atoms with Crippen molar-refractivity contribution in [2.75, 3.05) is 0 Å². The largest absolute Gasteiger partial charge is 0.460 e. The molecule has 0 bridgehead atoms. The van der Waals surface area contributed by atoms with Gasteiger partial charge in [0, 0.05) is 19.5 Å². The molecular weight excluding hydrogens is 490 g/mol. The Morgan fingerprint density at radius 2 is 1.18 bits per heavy atom. The zero-order valence-electron chi connectivity index (χ0n) is 23.7. The molecule has 0 aliphatic rings. The van der Waals surface area contributed by atoms with Gasteiger partial charge in [-0.05, 0) is 37.5 Å². The summed E-state index contributed by atoms with van der Waals surface area (Å²) < 4.78 is 11.4. The molecule has 0 aliphatic carbocycles. The monoisotopic (exact) mass is 531 g/mol. The van der Waals surface area contributed by atoms with Crippen LogP contribution >= 0.6 is 0 Å². The van der Waals surface area contributed by atoms with E-state index in [2.05, 4.69) is 0 Å². The second-order valence-corrected chi connectivity index (χ2v) is 9.96. The maximum Gasteiger partial charge on any atom is 0.324 e. The highest BCUT2D eigenvalue weighted by atomic mass is 16.6. The van der Waals surface area contributed by atoms with E-state index in [1.807, 2.05) is 110 Å². The quantitative estimate of drug-likeness (QED) is 0.200. The number of rotatable bonds is 12. The van der Waals surface area contributed by atoms with Crippen molar-refractivity contribution in [1.82, 2.24) is 4.90 Å². The van der Waals surface area contributed by atoms with Gasteiger partial charge in [0.25, 0.3) is 0 Å². The van der Waals surface area contributed by atoms with E-state index in [9.17, 15) is 14.4 Å². The van der Waals surface area contributed by atoms with E-state index in [1.54, 1.807) is 20.8 Å². The first-order chi connectivity index (χ1) is 18.8. The van der Waals surface area contributed by atoms with Crippen LogP contribution in [0.2, 0.25) is 0 Å². The van der Waals surface area contributed by atoms with Gasteiger partial charge in [0.2, 0.25) is 0 Å². The molecule has 3 aromatic carbocycles. The number of carbonyl (C=O) groups is 3. The van der Waals surface area contributed by atoms with Gasteiger partial charge in [0.15, 0.2) is 0 Å². The van der Waals surface area contributed by atoms with Crippen LogP contribution < -0.4 is 0 Å². The molecule has 0 aromatic heterocycles. The number of carbonyl (C=O) groups excluding carboxylic acids is 3. The fourth-order valence-electron chi connectivity index (χ4n) is 4.11. The number of aldehydes is 1. The van der Waals surface area contributed by atoms with Gasteiger partial charge in [-0.25, -0.2) is 0 Å². The third-order valence-electron chi connectivity index (χ3n) is 5.76. The van der Waals surface area contributed by atoms with Gasteiger partial charge in [-0.2, -0.15) is 0 Å². The van der Waals surface area contributed by atoms with Crippen molar-refractivity contribution in [1.29, 1.82) is 0 Å². The van der Waals surface area contributed by atoms with E-state index in [-0.39, 0.29) is 13.0 Å². The standard InChI is InChI=1S/C31H35NO5.C2H6/c1-31(2,3)37-29(34)27(19-20-33)28(30(35)36-23-26-17-11-6-12-18-26)32(21-24-13-7-4-8-14-24)22-25-15-9-5-10-16-25;1-2/h4-18,20,27-28H,19,21-23H2,1-3H3;1-2H3/t27-,28-;/m0./s1. The maximum absolute atomic E-state index is 13.7. The van der Waals surface area contributed by atoms with Crippen molar-refractivity contribution in [3.05, 3.63) is 108 Å². The van der Waals surface area contributed by atoms with Crippen LogP contribution in [0, 0.1) is 5.92 Å². The Morgan fingerprint density at radius 3 is 1.59 bits per heavy atom. The molecule has 0 aliphatic heterocycles. The first-order valence-electron chi connectivity index (χ1n) is 13.5. The summed E-state index contributed by atoms with van der Waals surface area (Å²) in [6, 6.07) is 27.7. The topological polar surface area (TPSA) is 72.9 Å². The van der Waals surface area contributed by atoms with E-state index < -0.39 is 29.5 Å². The molecule has 0 radical (unpaired) electrons. The fraction of sp³-hybridized carbons (Fsp3) is 0.364. The van der Waals surface area contributed by atoms with Gasteiger partial charge >= 0.3 is 11.9 Å². The molecule has 2 atom stereocenters. The Morgan fingerprint density at radius 1 is 0.744 bits per heavy atom. The lowest BCUT2D eigenvalue weighted by Gasteiger charge is -2.35. The van der Waals surface area contributed by atoms with Crippen molar-refractivity contribution < 1.29 is 23.9 Å².